The standard InChI is InChI=1S/C33H46FN5O2/c1-7-39(22(4)5)33(40)29-16-25(34)8-10-27(29)28-14-23(15-32-30(28)17-36-37(32)6)24-18-38(19-24)31(21(2)3)11-9-26-20-41-13-12-35-26/h8,10,14-17,21-22,24,26,31,35H,7,9,11-13,18-20H2,1-6H3/t26-,31?/m1/s1. The molecule has 0 saturated carbocycles. The van der Waals surface area contributed by atoms with Crippen LogP contribution in [-0.2, 0) is 11.8 Å². The van der Waals surface area contributed by atoms with E-state index in [1.54, 1.807) is 11.0 Å². The van der Waals surface area contributed by atoms with Crippen LogP contribution in [0.5, 0.6) is 0 Å². The van der Waals surface area contributed by atoms with Gasteiger partial charge < -0.3 is 15.0 Å². The quantitative estimate of drug-likeness (QED) is 0.356. The van der Waals surface area contributed by atoms with Crippen LogP contribution in [0.15, 0.2) is 36.5 Å². The predicted molar refractivity (Wildman–Crippen MR) is 163 cm³/mol. The number of aryl methyl sites for hydroxylation is 1. The number of ether oxygens (including phenoxy) is 1. The number of aromatic nitrogens is 2. The third-order valence-electron chi connectivity index (χ3n) is 9.05. The molecule has 1 N–H and O–H groups in total. The monoisotopic (exact) mass is 563 g/mol. The van der Waals surface area contributed by atoms with Crippen molar-refractivity contribution in [2.75, 3.05) is 39.4 Å². The molecule has 0 aliphatic carbocycles. The SMILES string of the molecule is CCN(C(=O)c1cc(F)ccc1-c1cc(C2CN(C(CC[C@@H]3COCCN3)C(C)C)C2)cc2c1cnn2C)C(C)C. The molecule has 8 heteroatoms. The van der Waals surface area contributed by atoms with E-state index in [-0.39, 0.29) is 11.9 Å². The van der Waals surface area contributed by atoms with E-state index in [4.69, 9.17) is 4.74 Å². The third-order valence-corrected chi connectivity index (χ3v) is 9.05. The van der Waals surface area contributed by atoms with Crippen LogP contribution in [0, 0.1) is 11.7 Å². The molecule has 2 aliphatic rings. The first-order chi connectivity index (χ1) is 19.7. The van der Waals surface area contributed by atoms with Crippen LogP contribution in [0.2, 0.25) is 0 Å². The highest BCUT2D eigenvalue weighted by atomic mass is 19.1. The molecule has 0 bridgehead atoms. The van der Waals surface area contributed by atoms with Gasteiger partial charge in [-0.15, -0.1) is 0 Å². The van der Waals surface area contributed by atoms with E-state index in [1.807, 2.05) is 38.7 Å². The molecule has 7 nitrogen and oxygen atoms in total. The Morgan fingerprint density at radius 2 is 1.95 bits per heavy atom. The van der Waals surface area contributed by atoms with Gasteiger partial charge in [0.15, 0.2) is 0 Å². The Morgan fingerprint density at radius 3 is 2.61 bits per heavy atom. The smallest absolute Gasteiger partial charge is 0.254 e. The second-order valence-corrected chi connectivity index (χ2v) is 12.4. The van der Waals surface area contributed by atoms with Crippen LogP contribution in [0.1, 0.15) is 69.3 Å². The van der Waals surface area contributed by atoms with Gasteiger partial charge in [0.1, 0.15) is 5.82 Å². The molecule has 2 fully saturated rings. The van der Waals surface area contributed by atoms with Gasteiger partial charge in [-0.3, -0.25) is 14.4 Å². The van der Waals surface area contributed by atoms with Crippen LogP contribution in [0.4, 0.5) is 4.39 Å². The molecule has 0 radical (unpaired) electrons. The van der Waals surface area contributed by atoms with Gasteiger partial charge in [-0.25, -0.2) is 4.39 Å². The minimum Gasteiger partial charge on any atom is -0.379 e. The highest BCUT2D eigenvalue weighted by molar-refractivity contribution is 6.05. The molecule has 1 aromatic heterocycles. The molecule has 41 heavy (non-hydrogen) atoms. The number of likely N-dealkylation sites (tertiary alicyclic amines) is 1. The number of amides is 1. The molecule has 2 aromatic carbocycles. The number of carbonyl (C=O) groups is 1. The molecule has 1 amide bonds. The Kier molecular flexibility index (Phi) is 9.12. The minimum absolute atomic E-state index is 0.0182. The summed E-state index contributed by atoms with van der Waals surface area (Å²) >= 11 is 0. The van der Waals surface area contributed by atoms with E-state index >= 15 is 0 Å². The molecule has 2 aliphatic heterocycles. The fraction of sp³-hybridized carbons (Fsp3) is 0.576. The van der Waals surface area contributed by atoms with Crippen molar-refractivity contribution in [2.24, 2.45) is 13.0 Å². The second kappa shape index (κ2) is 12.6. The molecule has 222 valence electrons. The average molecular weight is 564 g/mol. The largest absolute Gasteiger partial charge is 0.379 e. The van der Waals surface area contributed by atoms with Gasteiger partial charge in [0, 0.05) is 62.7 Å². The Balaban J connectivity index is 1.43. The zero-order chi connectivity index (χ0) is 29.3. The van der Waals surface area contributed by atoms with Crippen LogP contribution in [0.3, 0.4) is 0 Å². The highest BCUT2D eigenvalue weighted by Crippen LogP contribution is 2.39. The molecule has 0 spiro atoms. The number of hydrogen-bond acceptors (Lipinski definition) is 5. The maximum absolute atomic E-state index is 14.5. The van der Waals surface area contributed by atoms with E-state index < -0.39 is 5.82 Å². The van der Waals surface area contributed by atoms with Crippen molar-refractivity contribution in [3.8, 4) is 11.1 Å². The van der Waals surface area contributed by atoms with Crippen LogP contribution in [-0.4, -0.2) is 83.0 Å². The van der Waals surface area contributed by atoms with Gasteiger partial charge in [-0.2, -0.15) is 5.10 Å². The predicted octanol–water partition coefficient (Wildman–Crippen LogP) is 5.44. The summed E-state index contributed by atoms with van der Waals surface area (Å²) in [5.74, 6) is 0.422. The van der Waals surface area contributed by atoms with E-state index in [2.05, 4.69) is 41.3 Å². The first-order valence-electron chi connectivity index (χ1n) is 15.3. The van der Waals surface area contributed by atoms with Crippen LogP contribution < -0.4 is 5.32 Å². The molecule has 2 saturated heterocycles. The summed E-state index contributed by atoms with van der Waals surface area (Å²) in [5.41, 5.74) is 4.37. The van der Waals surface area contributed by atoms with E-state index in [9.17, 15) is 9.18 Å². The average Bonchev–Trinajstić information content (AvgIpc) is 3.30. The summed E-state index contributed by atoms with van der Waals surface area (Å²) < 4.78 is 22.1. The molecule has 5 rings (SSSR count). The lowest BCUT2D eigenvalue weighted by molar-refractivity contribution is 0.0433. The number of nitrogens with one attached hydrogen (secondary N) is 1. The Hall–Kier alpha value is -2.81. The topological polar surface area (TPSA) is 62.6 Å². The van der Waals surface area contributed by atoms with Gasteiger partial charge in [-0.1, -0.05) is 19.9 Å². The summed E-state index contributed by atoms with van der Waals surface area (Å²) in [4.78, 5) is 18.1. The summed E-state index contributed by atoms with van der Waals surface area (Å²) in [7, 11) is 1.95. The first kappa shape index (κ1) is 29.7. The molecular formula is C33H46FN5O2. The number of morpholine rings is 1. The molecule has 3 aromatic rings. The van der Waals surface area contributed by atoms with Crippen LogP contribution in [0.25, 0.3) is 22.0 Å². The fourth-order valence-electron chi connectivity index (χ4n) is 6.66. The van der Waals surface area contributed by atoms with Crippen LogP contribution >= 0.6 is 0 Å². The fourth-order valence-corrected chi connectivity index (χ4v) is 6.66. The van der Waals surface area contributed by atoms with Crippen molar-refractivity contribution < 1.29 is 13.9 Å². The Morgan fingerprint density at radius 1 is 1.17 bits per heavy atom. The van der Waals surface area contributed by atoms with Gasteiger partial charge in [0.05, 0.1) is 30.5 Å². The van der Waals surface area contributed by atoms with E-state index in [0.717, 1.165) is 67.7 Å². The van der Waals surface area contributed by atoms with Crippen molar-refractivity contribution in [1.29, 1.82) is 0 Å². The van der Waals surface area contributed by atoms with Gasteiger partial charge in [-0.05, 0) is 80.5 Å². The number of hydrogen-bond donors (Lipinski definition) is 1. The highest BCUT2D eigenvalue weighted by Gasteiger charge is 2.35. The van der Waals surface area contributed by atoms with Crippen molar-refractivity contribution in [3.63, 3.8) is 0 Å². The minimum atomic E-state index is -0.403. The molecular weight excluding hydrogens is 517 g/mol. The third kappa shape index (κ3) is 6.20. The zero-order valence-electron chi connectivity index (χ0n) is 25.5. The van der Waals surface area contributed by atoms with E-state index in [1.165, 1.54) is 17.7 Å². The summed E-state index contributed by atoms with van der Waals surface area (Å²) in [6.07, 6.45) is 4.14. The number of benzene rings is 2. The number of fused-ring (bicyclic) bond motifs is 1. The number of rotatable bonds is 10. The lowest BCUT2D eigenvalue weighted by atomic mass is 9.83. The van der Waals surface area contributed by atoms with Crippen molar-refractivity contribution in [1.82, 2.24) is 24.9 Å². The molecule has 1 unspecified atom stereocenters. The molecule has 3 heterocycles. The Bertz CT molecular complexity index is 1360. The lowest BCUT2D eigenvalue weighted by Crippen LogP contribution is -2.53. The van der Waals surface area contributed by atoms with Crippen molar-refractivity contribution in [2.45, 2.75) is 71.5 Å². The van der Waals surface area contributed by atoms with Gasteiger partial charge in [0.25, 0.3) is 5.91 Å². The lowest BCUT2D eigenvalue weighted by Gasteiger charge is -2.47. The van der Waals surface area contributed by atoms with E-state index in [0.29, 0.717) is 36.0 Å². The van der Waals surface area contributed by atoms with Gasteiger partial charge >= 0.3 is 0 Å². The first-order valence-corrected chi connectivity index (χ1v) is 15.3. The van der Waals surface area contributed by atoms with Crippen molar-refractivity contribution in [3.05, 3.63) is 53.5 Å². The number of halogens is 1. The number of carbonyl (C=O) groups excluding carboxylic acids is 1. The summed E-state index contributed by atoms with van der Waals surface area (Å²) in [6, 6.07) is 10.1. The maximum atomic E-state index is 14.5. The summed E-state index contributed by atoms with van der Waals surface area (Å²) in [5, 5.41) is 9.12. The normalized spacial score (nSPS) is 19.2. The van der Waals surface area contributed by atoms with Crippen molar-refractivity contribution >= 4 is 16.8 Å². The zero-order valence-corrected chi connectivity index (χ0v) is 25.5. The second-order valence-electron chi connectivity index (χ2n) is 12.4. The maximum Gasteiger partial charge on any atom is 0.254 e. The summed E-state index contributed by atoms with van der Waals surface area (Å²) in [6.45, 7) is 15.7. The number of nitrogens with zero attached hydrogens (tertiary/aromatic N) is 4. The Labute approximate surface area is 244 Å². The molecule has 2 atom stereocenters. The van der Waals surface area contributed by atoms with Gasteiger partial charge in [0.2, 0.25) is 0 Å².